The van der Waals surface area contributed by atoms with Crippen molar-refractivity contribution in [1.82, 2.24) is 10.2 Å². The summed E-state index contributed by atoms with van der Waals surface area (Å²) in [5.41, 5.74) is 0.871. The maximum absolute atomic E-state index is 10.7. The van der Waals surface area contributed by atoms with Crippen molar-refractivity contribution in [3.8, 4) is 0 Å². The van der Waals surface area contributed by atoms with Crippen LogP contribution in [0.4, 0.5) is 10.6 Å². The van der Waals surface area contributed by atoms with E-state index < -0.39 is 6.09 Å². The van der Waals surface area contributed by atoms with E-state index in [0.29, 0.717) is 5.82 Å². The second-order valence-corrected chi connectivity index (χ2v) is 2.04. The fourth-order valence-corrected chi connectivity index (χ4v) is 0.626. The second kappa shape index (κ2) is 3.05. The van der Waals surface area contributed by atoms with Gasteiger partial charge in [0.05, 0.1) is 13.3 Å². The van der Waals surface area contributed by atoms with Crippen LogP contribution in [-0.2, 0) is 4.74 Å². The molecule has 0 unspecified atom stereocenters. The largest absolute Gasteiger partial charge is 0.453 e. The number of anilines is 1. The molecule has 0 fully saturated rings. The van der Waals surface area contributed by atoms with Gasteiger partial charge in [-0.15, -0.1) is 0 Å². The molecule has 60 valence electrons. The summed E-state index contributed by atoms with van der Waals surface area (Å²) in [4.78, 5) is 10.7. The van der Waals surface area contributed by atoms with Crippen LogP contribution in [-0.4, -0.2) is 23.4 Å². The van der Waals surface area contributed by atoms with Crippen molar-refractivity contribution < 1.29 is 9.53 Å². The molecule has 0 aliphatic rings. The molecule has 0 atom stereocenters. The number of H-pyrrole nitrogens is 1. The van der Waals surface area contributed by atoms with E-state index >= 15 is 0 Å². The van der Waals surface area contributed by atoms with Crippen molar-refractivity contribution in [2.45, 2.75) is 6.92 Å². The van der Waals surface area contributed by atoms with E-state index in [9.17, 15) is 4.79 Å². The lowest BCUT2D eigenvalue weighted by Crippen LogP contribution is -2.11. The van der Waals surface area contributed by atoms with Crippen LogP contribution in [0.2, 0.25) is 0 Å². The lowest BCUT2D eigenvalue weighted by atomic mass is 10.4. The average molecular weight is 155 g/mol. The first kappa shape index (κ1) is 7.59. The van der Waals surface area contributed by atoms with Crippen LogP contribution in [0.5, 0.6) is 0 Å². The van der Waals surface area contributed by atoms with Gasteiger partial charge in [0.1, 0.15) is 5.82 Å². The molecule has 5 nitrogen and oxygen atoms in total. The molecule has 0 radical (unpaired) electrons. The van der Waals surface area contributed by atoms with Crippen molar-refractivity contribution in [3.05, 3.63) is 11.8 Å². The minimum absolute atomic E-state index is 0.502. The molecule has 1 aromatic rings. The molecule has 1 amide bonds. The van der Waals surface area contributed by atoms with Crippen LogP contribution in [0.1, 0.15) is 5.56 Å². The zero-order chi connectivity index (χ0) is 8.27. The number of aromatic nitrogens is 2. The van der Waals surface area contributed by atoms with Gasteiger partial charge < -0.3 is 4.74 Å². The van der Waals surface area contributed by atoms with Gasteiger partial charge in [0.15, 0.2) is 0 Å². The third-order valence-corrected chi connectivity index (χ3v) is 1.24. The summed E-state index contributed by atoms with van der Waals surface area (Å²) < 4.78 is 4.38. The molecule has 1 aromatic heterocycles. The van der Waals surface area contributed by atoms with Crippen LogP contribution in [0.25, 0.3) is 0 Å². The molecule has 1 heterocycles. The Balaban J connectivity index is 2.64. The topological polar surface area (TPSA) is 67.0 Å². The molecule has 0 spiro atoms. The van der Waals surface area contributed by atoms with Gasteiger partial charge in [-0.05, 0) is 6.92 Å². The first-order chi connectivity index (χ1) is 5.24. The number of methoxy groups -OCH3 is 1. The molecule has 0 bridgehead atoms. The first-order valence-corrected chi connectivity index (χ1v) is 3.09. The van der Waals surface area contributed by atoms with E-state index in [1.165, 1.54) is 7.11 Å². The van der Waals surface area contributed by atoms with Crippen LogP contribution in [0, 0.1) is 6.92 Å². The van der Waals surface area contributed by atoms with Gasteiger partial charge >= 0.3 is 6.09 Å². The molecule has 11 heavy (non-hydrogen) atoms. The van der Waals surface area contributed by atoms with E-state index in [1.54, 1.807) is 6.20 Å². The summed E-state index contributed by atoms with van der Waals surface area (Å²) in [7, 11) is 1.31. The highest BCUT2D eigenvalue weighted by molar-refractivity contribution is 5.83. The van der Waals surface area contributed by atoms with E-state index in [4.69, 9.17) is 0 Å². The summed E-state index contributed by atoms with van der Waals surface area (Å²) in [5, 5.41) is 8.78. The monoisotopic (exact) mass is 155 g/mol. The first-order valence-electron chi connectivity index (χ1n) is 3.09. The molecule has 0 saturated carbocycles. The second-order valence-electron chi connectivity index (χ2n) is 2.04. The number of nitrogens with one attached hydrogen (secondary N) is 2. The van der Waals surface area contributed by atoms with E-state index in [-0.39, 0.29) is 0 Å². The zero-order valence-corrected chi connectivity index (χ0v) is 6.34. The summed E-state index contributed by atoms with van der Waals surface area (Å²) in [6.45, 7) is 1.83. The lowest BCUT2D eigenvalue weighted by Gasteiger charge is -1.99. The highest BCUT2D eigenvalue weighted by Crippen LogP contribution is 2.07. The molecule has 0 aromatic carbocycles. The molecule has 0 aliphatic carbocycles. The Morgan fingerprint density at radius 3 is 3.00 bits per heavy atom. The summed E-state index contributed by atoms with van der Waals surface area (Å²) in [5.74, 6) is 0.567. The Bertz CT molecular complexity index is 256. The number of aryl methyl sites for hydroxylation is 1. The standard InChI is InChI=1S/C6H9N3O2/c1-4-3-7-9-5(4)8-6(10)11-2/h3H,1-2H3,(H2,7,8,9,10). The Labute approximate surface area is 63.7 Å². The maximum Gasteiger partial charge on any atom is 0.412 e. The number of hydrogen-bond acceptors (Lipinski definition) is 3. The smallest absolute Gasteiger partial charge is 0.412 e. The number of hydrogen-bond donors (Lipinski definition) is 2. The van der Waals surface area contributed by atoms with E-state index in [2.05, 4.69) is 20.3 Å². The van der Waals surface area contributed by atoms with Crippen molar-refractivity contribution in [3.63, 3.8) is 0 Å². The highest BCUT2D eigenvalue weighted by atomic mass is 16.5. The van der Waals surface area contributed by atoms with Gasteiger partial charge in [-0.3, -0.25) is 10.4 Å². The summed E-state index contributed by atoms with van der Waals surface area (Å²) >= 11 is 0. The van der Waals surface area contributed by atoms with Crippen LogP contribution >= 0.6 is 0 Å². The van der Waals surface area contributed by atoms with Gasteiger partial charge in [0, 0.05) is 5.56 Å². The minimum atomic E-state index is -0.502. The van der Waals surface area contributed by atoms with Crippen molar-refractivity contribution in [1.29, 1.82) is 0 Å². The number of carbonyl (C=O) groups is 1. The number of aromatic amines is 1. The summed E-state index contributed by atoms with van der Waals surface area (Å²) in [6.07, 6.45) is 1.11. The van der Waals surface area contributed by atoms with E-state index in [0.717, 1.165) is 5.56 Å². The Hall–Kier alpha value is -1.52. The van der Waals surface area contributed by atoms with Gasteiger partial charge in [0.2, 0.25) is 0 Å². The number of carbonyl (C=O) groups excluding carboxylic acids is 1. The van der Waals surface area contributed by atoms with Crippen LogP contribution < -0.4 is 5.32 Å². The van der Waals surface area contributed by atoms with Crippen LogP contribution in [0.15, 0.2) is 6.20 Å². The van der Waals surface area contributed by atoms with Gasteiger partial charge in [-0.1, -0.05) is 0 Å². The molecular formula is C6H9N3O2. The highest BCUT2D eigenvalue weighted by Gasteiger charge is 2.03. The predicted molar refractivity (Wildman–Crippen MR) is 39.4 cm³/mol. The normalized spacial score (nSPS) is 9.27. The van der Waals surface area contributed by atoms with Crippen molar-refractivity contribution in [2.24, 2.45) is 0 Å². The van der Waals surface area contributed by atoms with Crippen molar-refractivity contribution in [2.75, 3.05) is 12.4 Å². The Kier molecular flexibility index (Phi) is 2.10. The third kappa shape index (κ3) is 1.70. The Morgan fingerprint density at radius 1 is 1.82 bits per heavy atom. The Morgan fingerprint density at radius 2 is 2.55 bits per heavy atom. The molecule has 0 saturated heterocycles. The summed E-state index contributed by atoms with van der Waals surface area (Å²) in [6, 6.07) is 0. The molecule has 5 heteroatoms. The quantitative estimate of drug-likeness (QED) is 0.633. The number of nitrogens with zero attached hydrogens (tertiary/aromatic N) is 1. The molecule has 2 N–H and O–H groups in total. The van der Waals surface area contributed by atoms with Crippen LogP contribution in [0.3, 0.4) is 0 Å². The fourth-order valence-electron chi connectivity index (χ4n) is 0.626. The van der Waals surface area contributed by atoms with Gasteiger partial charge in [-0.2, -0.15) is 5.10 Å². The minimum Gasteiger partial charge on any atom is -0.453 e. The maximum atomic E-state index is 10.7. The molecule has 1 rings (SSSR count). The molecular weight excluding hydrogens is 146 g/mol. The number of amides is 1. The average Bonchev–Trinajstić information content (AvgIpc) is 2.37. The number of ether oxygens (including phenoxy) is 1. The van der Waals surface area contributed by atoms with Gasteiger partial charge in [0.25, 0.3) is 0 Å². The number of rotatable bonds is 1. The SMILES string of the molecule is COC(=O)Nc1[nH]ncc1C. The third-order valence-electron chi connectivity index (χ3n) is 1.24. The molecule has 0 aliphatic heterocycles. The zero-order valence-electron chi connectivity index (χ0n) is 6.34. The predicted octanol–water partition coefficient (Wildman–Crippen LogP) is 0.896. The van der Waals surface area contributed by atoms with E-state index in [1.807, 2.05) is 6.92 Å². The fraction of sp³-hybridized carbons (Fsp3) is 0.333. The lowest BCUT2D eigenvalue weighted by molar-refractivity contribution is 0.187. The van der Waals surface area contributed by atoms with Crippen molar-refractivity contribution >= 4 is 11.9 Å². The van der Waals surface area contributed by atoms with Gasteiger partial charge in [-0.25, -0.2) is 4.79 Å².